The number of amides is 2. The van der Waals surface area contributed by atoms with E-state index < -0.39 is 24.0 Å². The number of alkyl carbamates (subject to hydrolysis) is 1. The smallest absolute Gasteiger partial charge is 0.407 e. The predicted octanol–water partition coefficient (Wildman–Crippen LogP) is 3.67. The molecule has 0 radical (unpaired) electrons. The number of carbonyl (C=O) groups excluding carboxylic acids is 2. The molecule has 32 heavy (non-hydrogen) atoms. The van der Waals surface area contributed by atoms with Gasteiger partial charge < -0.3 is 20.5 Å². The Labute approximate surface area is 187 Å². The highest BCUT2D eigenvalue weighted by Gasteiger charge is 2.31. The van der Waals surface area contributed by atoms with Gasteiger partial charge in [0.05, 0.1) is 5.92 Å². The molecule has 2 amide bonds. The Balaban J connectivity index is 1.26. The molecular formula is C25H28N2O5. The first-order valence-electron chi connectivity index (χ1n) is 11.1. The van der Waals surface area contributed by atoms with Gasteiger partial charge in [0.15, 0.2) is 0 Å². The van der Waals surface area contributed by atoms with Crippen molar-refractivity contribution in [2.45, 2.75) is 50.6 Å². The van der Waals surface area contributed by atoms with E-state index in [1.54, 1.807) is 6.92 Å². The van der Waals surface area contributed by atoms with Crippen LogP contribution in [0.3, 0.4) is 0 Å². The minimum atomic E-state index is -0.813. The molecule has 0 heterocycles. The molecule has 2 aromatic carbocycles. The molecule has 7 nitrogen and oxygen atoms in total. The van der Waals surface area contributed by atoms with Crippen molar-refractivity contribution in [1.29, 1.82) is 0 Å². The van der Waals surface area contributed by atoms with Crippen LogP contribution in [-0.4, -0.2) is 41.8 Å². The maximum atomic E-state index is 12.3. The molecule has 3 N–H and O–H groups in total. The number of hydrogen-bond donors (Lipinski definition) is 3. The summed E-state index contributed by atoms with van der Waals surface area (Å²) < 4.78 is 5.52. The van der Waals surface area contributed by atoms with Gasteiger partial charge in [-0.1, -0.05) is 48.5 Å². The standard InChI is InChI=1S/C25H28N2O5/c1-15(12-23(28)27-17-11-10-16(13-17)24(29)30)26-25(31)32-14-22-20-8-4-2-6-18(20)19-7-3-5-9-21(19)22/h2-9,15-17,22H,10-14H2,1H3,(H,26,31)(H,27,28)(H,29,30)/t15-,16+,17-/m1/s1. The number of nitrogens with one attached hydrogen (secondary N) is 2. The summed E-state index contributed by atoms with van der Waals surface area (Å²) in [6.07, 6.45) is 1.25. The van der Waals surface area contributed by atoms with Crippen molar-refractivity contribution in [1.82, 2.24) is 10.6 Å². The van der Waals surface area contributed by atoms with Crippen molar-refractivity contribution in [2.24, 2.45) is 5.92 Å². The van der Waals surface area contributed by atoms with Crippen LogP contribution in [0.25, 0.3) is 11.1 Å². The average Bonchev–Trinajstić information content (AvgIpc) is 3.35. The van der Waals surface area contributed by atoms with Crippen molar-refractivity contribution in [3.05, 3.63) is 59.7 Å². The molecule has 0 bridgehead atoms. The number of carboxylic acids is 1. The molecule has 0 unspecified atom stereocenters. The molecule has 0 aliphatic heterocycles. The number of fused-ring (bicyclic) bond motifs is 3. The van der Waals surface area contributed by atoms with E-state index >= 15 is 0 Å². The Hall–Kier alpha value is -3.35. The Bertz CT molecular complexity index is 975. The number of benzene rings is 2. The monoisotopic (exact) mass is 436 g/mol. The topological polar surface area (TPSA) is 105 Å². The molecular weight excluding hydrogens is 408 g/mol. The van der Waals surface area contributed by atoms with Gasteiger partial charge in [-0.2, -0.15) is 0 Å². The van der Waals surface area contributed by atoms with Gasteiger partial charge in [0.1, 0.15) is 6.61 Å². The van der Waals surface area contributed by atoms with Crippen LogP contribution in [0.2, 0.25) is 0 Å². The van der Waals surface area contributed by atoms with Crippen molar-refractivity contribution < 1.29 is 24.2 Å². The highest BCUT2D eigenvalue weighted by Crippen LogP contribution is 2.44. The fourth-order valence-corrected chi connectivity index (χ4v) is 4.79. The molecule has 0 aromatic heterocycles. The summed E-state index contributed by atoms with van der Waals surface area (Å²) >= 11 is 0. The summed E-state index contributed by atoms with van der Waals surface area (Å²) in [7, 11) is 0. The van der Waals surface area contributed by atoms with E-state index in [2.05, 4.69) is 34.9 Å². The molecule has 4 rings (SSSR count). The van der Waals surface area contributed by atoms with E-state index in [1.165, 1.54) is 11.1 Å². The van der Waals surface area contributed by atoms with Gasteiger partial charge in [-0.15, -0.1) is 0 Å². The molecule has 7 heteroatoms. The number of ether oxygens (including phenoxy) is 1. The maximum absolute atomic E-state index is 12.3. The largest absolute Gasteiger partial charge is 0.481 e. The Kier molecular flexibility index (Phi) is 6.44. The Morgan fingerprint density at radius 3 is 2.25 bits per heavy atom. The van der Waals surface area contributed by atoms with Gasteiger partial charge in [0.2, 0.25) is 5.91 Å². The summed E-state index contributed by atoms with van der Waals surface area (Å²) in [6.45, 7) is 1.97. The Morgan fingerprint density at radius 1 is 1.03 bits per heavy atom. The van der Waals surface area contributed by atoms with E-state index in [-0.39, 0.29) is 30.9 Å². The van der Waals surface area contributed by atoms with Crippen LogP contribution >= 0.6 is 0 Å². The van der Waals surface area contributed by atoms with E-state index in [4.69, 9.17) is 9.84 Å². The van der Waals surface area contributed by atoms with E-state index in [9.17, 15) is 14.4 Å². The van der Waals surface area contributed by atoms with Crippen molar-refractivity contribution >= 4 is 18.0 Å². The van der Waals surface area contributed by atoms with Gasteiger partial charge in [0, 0.05) is 24.4 Å². The number of carbonyl (C=O) groups is 3. The normalized spacial score (nSPS) is 20.2. The molecule has 0 saturated heterocycles. The fraction of sp³-hybridized carbons (Fsp3) is 0.400. The van der Waals surface area contributed by atoms with Gasteiger partial charge in [-0.3, -0.25) is 9.59 Å². The zero-order valence-electron chi connectivity index (χ0n) is 18.0. The van der Waals surface area contributed by atoms with Crippen LogP contribution < -0.4 is 10.6 Å². The number of aliphatic carboxylic acids is 1. The van der Waals surface area contributed by atoms with E-state index in [0.717, 1.165) is 11.1 Å². The minimum absolute atomic E-state index is 0.0173. The summed E-state index contributed by atoms with van der Waals surface area (Å²) in [4.78, 5) is 35.7. The van der Waals surface area contributed by atoms with Crippen LogP contribution in [0.15, 0.2) is 48.5 Å². The lowest BCUT2D eigenvalue weighted by atomic mass is 9.98. The third kappa shape index (κ3) is 4.77. The SMILES string of the molecule is C[C@H](CC(=O)N[C@@H]1CC[C@H](C(=O)O)C1)NC(=O)OCC1c2ccccc2-c2ccccc21. The van der Waals surface area contributed by atoms with Crippen molar-refractivity contribution in [3.63, 3.8) is 0 Å². The molecule has 2 aliphatic rings. The van der Waals surface area contributed by atoms with E-state index in [0.29, 0.717) is 19.3 Å². The predicted molar refractivity (Wildman–Crippen MR) is 119 cm³/mol. The van der Waals surface area contributed by atoms with Gasteiger partial charge in [-0.05, 0) is 48.4 Å². The summed E-state index contributed by atoms with van der Waals surface area (Å²) in [5.74, 6) is -1.42. The second kappa shape index (κ2) is 9.42. The minimum Gasteiger partial charge on any atom is -0.481 e. The molecule has 2 aliphatic carbocycles. The lowest BCUT2D eigenvalue weighted by Gasteiger charge is -2.18. The summed E-state index contributed by atoms with van der Waals surface area (Å²) in [5, 5.41) is 14.7. The first kappa shape index (κ1) is 21.9. The van der Waals surface area contributed by atoms with Crippen LogP contribution in [0.5, 0.6) is 0 Å². The third-order valence-electron chi connectivity index (χ3n) is 6.35. The molecule has 168 valence electrons. The number of carboxylic acid groups (broad SMARTS) is 1. The van der Waals surface area contributed by atoms with Gasteiger partial charge >= 0.3 is 12.1 Å². The van der Waals surface area contributed by atoms with Crippen molar-refractivity contribution in [2.75, 3.05) is 6.61 Å². The fourth-order valence-electron chi connectivity index (χ4n) is 4.79. The molecule has 0 spiro atoms. The first-order valence-corrected chi connectivity index (χ1v) is 11.1. The summed E-state index contributed by atoms with van der Waals surface area (Å²) in [5.41, 5.74) is 4.62. The molecule has 1 saturated carbocycles. The summed E-state index contributed by atoms with van der Waals surface area (Å²) in [6, 6.07) is 15.8. The van der Waals surface area contributed by atoms with Gasteiger partial charge in [-0.25, -0.2) is 4.79 Å². The van der Waals surface area contributed by atoms with Crippen LogP contribution in [0.4, 0.5) is 4.79 Å². The highest BCUT2D eigenvalue weighted by molar-refractivity contribution is 5.80. The quantitative estimate of drug-likeness (QED) is 0.614. The van der Waals surface area contributed by atoms with Crippen LogP contribution in [0, 0.1) is 5.92 Å². The number of hydrogen-bond acceptors (Lipinski definition) is 4. The first-order chi connectivity index (χ1) is 15.4. The zero-order valence-corrected chi connectivity index (χ0v) is 18.0. The molecule has 2 aromatic rings. The second-order valence-corrected chi connectivity index (χ2v) is 8.69. The highest BCUT2D eigenvalue weighted by atomic mass is 16.5. The lowest BCUT2D eigenvalue weighted by molar-refractivity contribution is -0.141. The van der Waals surface area contributed by atoms with Crippen LogP contribution in [0.1, 0.15) is 49.7 Å². The third-order valence-corrected chi connectivity index (χ3v) is 6.35. The Morgan fingerprint density at radius 2 is 1.66 bits per heavy atom. The zero-order chi connectivity index (χ0) is 22.7. The van der Waals surface area contributed by atoms with Crippen molar-refractivity contribution in [3.8, 4) is 11.1 Å². The average molecular weight is 437 g/mol. The molecule has 1 fully saturated rings. The number of rotatable bonds is 7. The lowest BCUT2D eigenvalue weighted by Crippen LogP contribution is -2.40. The van der Waals surface area contributed by atoms with Crippen LogP contribution in [-0.2, 0) is 14.3 Å². The second-order valence-electron chi connectivity index (χ2n) is 8.69. The molecule has 3 atom stereocenters. The van der Waals surface area contributed by atoms with Gasteiger partial charge in [0.25, 0.3) is 0 Å². The maximum Gasteiger partial charge on any atom is 0.407 e. The van der Waals surface area contributed by atoms with E-state index in [1.807, 2.05) is 24.3 Å².